The molecule has 7 nitrogen and oxygen atoms in total. The summed E-state index contributed by atoms with van der Waals surface area (Å²) in [6.45, 7) is 3.64. The number of nitrogens with one attached hydrogen (secondary N) is 2. The lowest BCUT2D eigenvalue weighted by Crippen LogP contribution is -2.23. The van der Waals surface area contributed by atoms with Gasteiger partial charge in [-0.15, -0.1) is 0 Å². The van der Waals surface area contributed by atoms with Gasteiger partial charge in [0, 0.05) is 29.4 Å². The Hall–Kier alpha value is -3.71. The average Bonchev–Trinajstić information content (AvgIpc) is 3.26. The first kappa shape index (κ1) is 18.6. The van der Waals surface area contributed by atoms with Crippen LogP contribution in [0.3, 0.4) is 0 Å². The van der Waals surface area contributed by atoms with E-state index in [-0.39, 0.29) is 5.78 Å². The SMILES string of the molecule is Cc1[nH]c(C(=O)N(C)O)c(C)c1-c1nc2ccc(C(=O)c3ccccc3)cc2[nH]1. The standard InChI is InChI=1S/C22H20N4O3/c1-12-18(13(2)23-19(12)22(28)26(3)29)21-24-16-10-9-15(11-17(16)25-21)20(27)14-7-5-4-6-8-14/h4-11,23,29H,1-3H3,(H,24,25). The normalized spacial score (nSPS) is 11.0. The van der Waals surface area contributed by atoms with Crippen molar-refractivity contribution in [1.29, 1.82) is 0 Å². The van der Waals surface area contributed by atoms with Crippen LogP contribution in [0.5, 0.6) is 0 Å². The number of rotatable bonds is 4. The summed E-state index contributed by atoms with van der Waals surface area (Å²) < 4.78 is 0. The number of hydroxylamine groups is 2. The van der Waals surface area contributed by atoms with Crippen molar-refractivity contribution in [2.75, 3.05) is 7.05 Å². The largest absolute Gasteiger partial charge is 0.354 e. The van der Waals surface area contributed by atoms with Gasteiger partial charge in [-0.3, -0.25) is 14.8 Å². The van der Waals surface area contributed by atoms with Gasteiger partial charge in [-0.05, 0) is 37.6 Å². The van der Waals surface area contributed by atoms with Crippen LogP contribution >= 0.6 is 0 Å². The zero-order valence-electron chi connectivity index (χ0n) is 16.3. The van der Waals surface area contributed by atoms with E-state index in [1.165, 1.54) is 7.05 Å². The molecule has 0 spiro atoms. The maximum atomic E-state index is 12.7. The van der Waals surface area contributed by atoms with Gasteiger partial charge in [-0.2, -0.15) is 0 Å². The molecule has 2 aromatic carbocycles. The van der Waals surface area contributed by atoms with Crippen molar-refractivity contribution in [2.45, 2.75) is 13.8 Å². The first-order valence-electron chi connectivity index (χ1n) is 9.12. The number of hydrogen-bond acceptors (Lipinski definition) is 4. The summed E-state index contributed by atoms with van der Waals surface area (Å²) in [5.74, 6) is 0.00966. The molecular formula is C22H20N4O3. The van der Waals surface area contributed by atoms with Crippen LogP contribution in [0.2, 0.25) is 0 Å². The number of ketones is 1. The zero-order chi connectivity index (χ0) is 20.7. The summed E-state index contributed by atoms with van der Waals surface area (Å²) in [6, 6.07) is 14.5. The van der Waals surface area contributed by atoms with Crippen molar-refractivity contribution in [3.05, 3.63) is 76.6 Å². The van der Waals surface area contributed by atoms with E-state index in [0.29, 0.717) is 33.3 Å². The molecule has 0 saturated heterocycles. The van der Waals surface area contributed by atoms with Crippen LogP contribution in [-0.2, 0) is 0 Å². The predicted octanol–water partition coefficient (Wildman–Crippen LogP) is 3.87. The van der Waals surface area contributed by atoms with Crippen LogP contribution < -0.4 is 0 Å². The Balaban J connectivity index is 1.76. The summed E-state index contributed by atoms with van der Waals surface area (Å²) in [6.07, 6.45) is 0. The molecule has 0 saturated carbocycles. The molecule has 0 unspecified atom stereocenters. The molecule has 7 heteroatoms. The monoisotopic (exact) mass is 388 g/mol. The summed E-state index contributed by atoms with van der Waals surface area (Å²) in [7, 11) is 1.28. The van der Waals surface area contributed by atoms with Gasteiger partial charge in [-0.25, -0.2) is 10.0 Å². The molecule has 0 bridgehead atoms. The van der Waals surface area contributed by atoms with E-state index in [1.54, 1.807) is 37.3 Å². The number of amides is 1. The van der Waals surface area contributed by atoms with E-state index < -0.39 is 5.91 Å². The Labute approximate surface area is 167 Å². The number of H-pyrrole nitrogens is 2. The van der Waals surface area contributed by atoms with Crippen LogP contribution in [0.15, 0.2) is 48.5 Å². The van der Waals surface area contributed by atoms with Gasteiger partial charge in [0.2, 0.25) is 0 Å². The number of aromatic amines is 2. The Kier molecular flexibility index (Phi) is 4.52. The van der Waals surface area contributed by atoms with Gasteiger partial charge in [0.05, 0.1) is 11.0 Å². The molecule has 29 heavy (non-hydrogen) atoms. The number of carbonyl (C=O) groups excluding carboxylic acids is 2. The van der Waals surface area contributed by atoms with Crippen LogP contribution in [0.4, 0.5) is 0 Å². The second-order valence-corrected chi connectivity index (χ2v) is 6.97. The van der Waals surface area contributed by atoms with Gasteiger partial charge in [0.1, 0.15) is 11.5 Å². The summed E-state index contributed by atoms with van der Waals surface area (Å²) >= 11 is 0. The maximum absolute atomic E-state index is 12.7. The van der Waals surface area contributed by atoms with Crippen LogP contribution in [-0.4, -0.2) is 44.0 Å². The number of hydrogen-bond donors (Lipinski definition) is 3. The fraction of sp³-hybridized carbons (Fsp3) is 0.136. The molecule has 3 N–H and O–H groups in total. The van der Waals surface area contributed by atoms with E-state index in [9.17, 15) is 14.8 Å². The van der Waals surface area contributed by atoms with E-state index in [0.717, 1.165) is 22.3 Å². The Morgan fingerprint density at radius 1 is 1.00 bits per heavy atom. The third-order valence-electron chi connectivity index (χ3n) is 4.96. The van der Waals surface area contributed by atoms with Crippen LogP contribution in [0, 0.1) is 13.8 Å². The highest BCUT2D eigenvalue weighted by Gasteiger charge is 2.22. The van der Waals surface area contributed by atoms with Crippen LogP contribution in [0.25, 0.3) is 22.4 Å². The topological polar surface area (TPSA) is 102 Å². The van der Waals surface area contributed by atoms with E-state index in [4.69, 9.17) is 0 Å². The lowest BCUT2D eigenvalue weighted by Gasteiger charge is -2.07. The molecule has 2 heterocycles. The number of benzene rings is 2. The second kappa shape index (κ2) is 7.03. The predicted molar refractivity (Wildman–Crippen MR) is 109 cm³/mol. The number of fused-ring (bicyclic) bond motifs is 1. The van der Waals surface area contributed by atoms with Crippen molar-refractivity contribution in [3.63, 3.8) is 0 Å². The third-order valence-corrected chi connectivity index (χ3v) is 4.96. The molecule has 0 aliphatic heterocycles. The number of aryl methyl sites for hydroxylation is 1. The maximum Gasteiger partial charge on any atom is 0.293 e. The summed E-state index contributed by atoms with van der Waals surface area (Å²) in [5, 5.41) is 10.0. The molecule has 0 atom stereocenters. The highest BCUT2D eigenvalue weighted by molar-refractivity contribution is 6.10. The van der Waals surface area contributed by atoms with Gasteiger partial charge >= 0.3 is 0 Å². The van der Waals surface area contributed by atoms with E-state index in [2.05, 4.69) is 15.0 Å². The zero-order valence-corrected chi connectivity index (χ0v) is 16.3. The second-order valence-electron chi connectivity index (χ2n) is 6.97. The van der Waals surface area contributed by atoms with Gasteiger partial charge in [-0.1, -0.05) is 30.3 Å². The van der Waals surface area contributed by atoms with Crippen molar-refractivity contribution in [3.8, 4) is 11.4 Å². The Morgan fingerprint density at radius 3 is 2.41 bits per heavy atom. The number of aromatic nitrogens is 3. The Morgan fingerprint density at radius 2 is 1.72 bits per heavy atom. The van der Waals surface area contributed by atoms with Gasteiger partial charge in [0.15, 0.2) is 5.78 Å². The highest BCUT2D eigenvalue weighted by Crippen LogP contribution is 2.30. The molecule has 0 aliphatic rings. The lowest BCUT2D eigenvalue weighted by atomic mass is 10.0. The summed E-state index contributed by atoms with van der Waals surface area (Å²) in [4.78, 5) is 35.8. The van der Waals surface area contributed by atoms with Crippen molar-refractivity contribution in [1.82, 2.24) is 20.0 Å². The van der Waals surface area contributed by atoms with Crippen molar-refractivity contribution < 1.29 is 14.8 Å². The Bertz CT molecular complexity index is 1240. The fourth-order valence-electron chi connectivity index (χ4n) is 3.51. The molecular weight excluding hydrogens is 368 g/mol. The summed E-state index contributed by atoms with van der Waals surface area (Å²) in [5.41, 5.74) is 5.16. The average molecular weight is 388 g/mol. The van der Waals surface area contributed by atoms with E-state index >= 15 is 0 Å². The molecule has 4 aromatic rings. The molecule has 0 aliphatic carbocycles. The first-order chi connectivity index (χ1) is 13.9. The first-order valence-corrected chi connectivity index (χ1v) is 9.12. The minimum atomic E-state index is -0.524. The molecule has 0 fully saturated rings. The molecule has 1 amide bonds. The third kappa shape index (κ3) is 3.21. The molecule has 4 rings (SSSR count). The fourth-order valence-corrected chi connectivity index (χ4v) is 3.51. The molecule has 146 valence electrons. The molecule has 0 radical (unpaired) electrons. The highest BCUT2D eigenvalue weighted by atomic mass is 16.5. The number of nitrogens with zero attached hydrogens (tertiary/aromatic N) is 2. The van der Waals surface area contributed by atoms with E-state index in [1.807, 2.05) is 25.1 Å². The van der Waals surface area contributed by atoms with Crippen molar-refractivity contribution >= 4 is 22.7 Å². The number of carbonyl (C=O) groups is 2. The quantitative estimate of drug-likeness (QED) is 0.281. The minimum Gasteiger partial charge on any atom is -0.354 e. The lowest BCUT2D eigenvalue weighted by molar-refractivity contribution is -0.0379. The minimum absolute atomic E-state index is 0.0588. The van der Waals surface area contributed by atoms with Gasteiger partial charge < -0.3 is 9.97 Å². The molecule has 2 aromatic heterocycles. The van der Waals surface area contributed by atoms with Crippen LogP contribution in [0.1, 0.15) is 37.7 Å². The van der Waals surface area contributed by atoms with Gasteiger partial charge in [0.25, 0.3) is 5.91 Å². The smallest absolute Gasteiger partial charge is 0.293 e. The number of imidazole rings is 1. The van der Waals surface area contributed by atoms with Crippen molar-refractivity contribution in [2.24, 2.45) is 0 Å².